The Bertz CT molecular complexity index is 855. The van der Waals surface area contributed by atoms with E-state index in [0.29, 0.717) is 30.0 Å². The van der Waals surface area contributed by atoms with Crippen molar-refractivity contribution in [1.29, 1.82) is 5.26 Å². The maximum absolute atomic E-state index is 13.3. The van der Waals surface area contributed by atoms with Gasteiger partial charge in [0.2, 0.25) is 0 Å². The third-order valence-electron chi connectivity index (χ3n) is 7.28. The van der Waals surface area contributed by atoms with Gasteiger partial charge in [0.05, 0.1) is 26.7 Å². The molecule has 7 heteroatoms. The highest BCUT2D eigenvalue weighted by Crippen LogP contribution is 2.57. The molecular formula is C24H30N2O5. The van der Waals surface area contributed by atoms with E-state index in [1.807, 2.05) is 4.90 Å². The second-order valence-electron chi connectivity index (χ2n) is 9.21. The van der Waals surface area contributed by atoms with Gasteiger partial charge in [-0.1, -0.05) is 6.07 Å². The summed E-state index contributed by atoms with van der Waals surface area (Å²) in [4.78, 5) is 27.8. The van der Waals surface area contributed by atoms with Crippen LogP contribution in [-0.2, 0) is 9.53 Å². The van der Waals surface area contributed by atoms with Gasteiger partial charge in [-0.25, -0.2) is 4.79 Å². The van der Waals surface area contributed by atoms with Gasteiger partial charge in [0, 0.05) is 12.1 Å². The van der Waals surface area contributed by atoms with Crippen LogP contribution in [-0.4, -0.2) is 49.7 Å². The van der Waals surface area contributed by atoms with Crippen LogP contribution >= 0.6 is 0 Å². The summed E-state index contributed by atoms with van der Waals surface area (Å²) in [6, 6.07) is 7.12. The molecule has 0 unspecified atom stereocenters. The summed E-state index contributed by atoms with van der Waals surface area (Å²) in [6.45, 7) is 0.0495. The number of nitriles is 1. The van der Waals surface area contributed by atoms with Crippen molar-refractivity contribution in [3.05, 3.63) is 23.8 Å². The molecule has 0 radical (unpaired) electrons. The van der Waals surface area contributed by atoms with Gasteiger partial charge in [-0.05, 0) is 68.4 Å². The van der Waals surface area contributed by atoms with E-state index in [-0.39, 0.29) is 35.8 Å². The van der Waals surface area contributed by atoms with Crippen LogP contribution in [0.4, 0.5) is 0 Å². The first-order valence-corrected chi connectivity index (χ1v) is 11.0. The van der Waals surface area contributed by atoms with E-state index < -0.39 is 5.97 Å². The Balaban J connectivity index is 1.48. The highest BCUT2D eigenvalue weighted by molar-refractivity contribution is 5.95. The van der Waals surface area contributed by atoms with Crippen molar-refractivity contribution in [2.45, 2.75) is 50.5 Å². The average Bonchev–Trinajstić information content (AvgIpc) is 2.75. The molecule has 1 amide bonds. The number of esters is 1. The molecule has 0 heterocycles. The SMILES string of the molecule is COc1cccc(C(=O)OCC(=O)N(CCC#N)C23CC4CC(CC(C4)C2)C3)c1OC. The number of carbonyl (C=O) groups excluding carboxylic acids is 2. The number of nitrogens with zero attached hydrogens (tertiary/aromatic N) is 2. The van der Waals surface area contributed by atoms with Crippen LogP contribution in [0.15, 0.2) is 18.2 Å². The number of hydrogen-bond acceptors (Lipinski definition) is 6. The molecular weight excluding hydrogens is 396 g/mol. The third-order valence-corrected chi connectivity index (χ3v) is 7.28. The third kappa shape index (κ3) is 4.08. The van der Waals surface area contributed by atoms with Crippen molar-refractivity contribution in [3.63, 3.8) is 0 Å². The Hall–Kier alpha value is -2.75. The molecule has 4 aliphatic rings. The molecule has 4 bridgehead atoms. The van der Waals surface area contributed by atoms with Crippen molar-refractivity contribution in [1.82, 2.24) is 4.90 Å². The normalized spacial score (nSPS) is 28.0. The predicted octanol–water partition coefficient (Wildman–Crippen LogP) is 3.57. The zero-order valence-electron chi connectivity index (χ0n) is 18.3. The monoisotopic (exact) mass is 426 g/mol. The number of amides is 1. The van der Waals surface area contributed by atoms with Crippen LogP contribution in [0, 0.1) is 29.1 Å². The van der Waals surface area contributed by atoms with E-state index in [0.717, 1.165) is 19.3 Å². The molecule has 4 aliphatic carbocycles. The zero-order valence-corrected chi connectivity index (χ0v) is 18.3. The highest BCUT2D eigenvalue weighted by Gasteiger charge is 2.54. The molecule has 0 aliphatic heterocycles. The summed E-state index contributed by atoms with van der Waals surface area (Å²) < 4.78 is 15.9. The van der Waals surface area contributed by atoms with Crippen molar-refractivity contribution < 1.29 is 23.8 Å². The fourth-order valence-electron chi connectivity index (χ4n) is 6.51. The molecule has 4 saturated carbocycles. The summed E-state index contributed by atoms with van der Waals surface area (Å²) >= 11 is 0. The van der Waals surface area contributed by atoms with E-state index in [4.69, 9.17) is 19.5 Å². The Kier molecular flexibility index (Phi) is 6.08. The quantitative estimate of drug-likeness (QED) is 0.591. The number of methoxy groups -OCH3 is 2. The van der Waals surface area contributed by atoms with Crippen molar-refractivity contribution in [2.24, 2.45) is 17.8 Å². The number of hydrogen-bond donors (Lipinski definition) is 0. The first-order valence-electron chi connectivity index (χ1n) is 11.0. The number of ether oxygens (including phenoxy) is 3. The summed E-state index contributed by atoms with van der Waals surface area (Å²) in [6.07, 6.45) is 7.11. The fraction of sp³-hybridized carbons (Fsp3) is 0.625. The Morgan fingerprint density at radius 3 is 2.29 bits per heavy atom. The van der Waals surface area contributed by atoms with Gasteiger partial charge in [0.1, 0.15) is 5.56 Å². The lowest BCUT2D eigenvalue weighted by atomic mass is 9.52. The van der Waals surface area contributed by atoms with Crippen LogP contribution in [0.1, 0.15) is 55.3 Å². The molecule has 0 aromatic heterocycles. The maximum atomic E-state index is 13.3. The minimum Gasteiger partial charge on any atom is -0.493 e. The lowest BCUT2D eigenvalue weighted by Gasteiger charge is -2.60. The summed E-state index contributed by atoms with van der Waals surface area (Å²) in [5, 5.41) is 9.15. The molecule has 166 valence electrons. The standard InChI is InChI=1S/C24H30N2O5/c1-29-20-6-3-5-19(22(20)30-2)23(28)31-15-21(27)26(8-4-7-25)24-12-16-9-17(13-24)11-18(10-16)14-24/h3,5-6,16-18H,4,8-15H2,1-2H3. The Morgan fingerprint density at radius 2 is 1.74 bits per heavy atom. The Labute approximate surface area is 183 Å². The number of benzene rings is 1. The second-order valence-corrected chi connectivity index (χ2v) is 9.21. The van der Waals surface area contributed by atoms with Gasteiger partial charge in [-0.3, -0.25) is 4.79 Å². The summed E-state index contributed by atoms with van der Waals surface area (Å²) in [5.41, 5.74) is 0.0379. The van der Waals surface area contributed by atoms with Crippen LogP contribution in [0.5, 0.6) is 11.5 Å². The van der Waals surface area contributed by atoms with E-state index in [2.05, 4.69) is 6.07 Å². The average molecular weight is 427 g/mol. The smallest absolute Gasteiger partial charge is 0.342 e. The van der Waals surface area contributed by atoms with Crippen molar-refractivity contribution >= 4 is 11.9 Å². The van der Waals surface area contributed by atoms with Gasteiger partial charge >= 0.3 is 5.97 Å². The summed E-state index contributed by atoms with van der Waals surface area (Å²) in [5.74, 6) is 1.88. The molecule has 0 atom stereocenters. The van der Waals surface area contributed by atoms with Crippen LogP contribution in [0.3, 0.4) is 0 Å². The topological polar surface area (TPSA) is 88.9 Å². The number of para-hydroxylation sites is 1. The molecule has 0 N–H and O–H groups in total. The van der Waals surface area contributed by atoms with Crippen molar-refractivity contribution in [3.8, 4) is 17.6 Å². The largest absolute Gasteiger partial charge is 0.493 e. The van der Waals surface area contributed by atoms with E-state index >= 15 is 0 Å². The zero-order chi connectivity index (χ0) is 22.0. The maximum Gasteiger partial charge on any atom is 0.342 e. The van der Waals surface area contributed by atoms with E-state index in [1.54, 1.807) is 18.2 Å². The molecule has 4 fully saturated rings. The molecule has 7 nitrogen and oxygen atoms in total. The number of carbonyl (C=O) groups is 2. The van der Waals surface area contributed by atoms with Crippen molar-refractivity contribution in [2.75, 3.05) is 27.4 Å². The second kappa shape index (κ2) is 8.78. The van der Waals surface area contributed by atoms with Crippen LogP contribution in [0.25, 0.3) is 0 Å². The molecule has 1 aromatic rings. The van der Waals surface area contributed by atoms with Gasteiger partial charge in [0.25, 0.3) is 5.91 Å². The Morgan fingerprint density at radius 1 is 1.10 bits per heavy atom. The van der Waals surface area contributed by atoms with Gasteiger partial charge in [-0.2, -0.15) is 5.26 Å². The summed E-state index contributed by atoms with van der Waals surface area (Å²) in [7, 11) is 2.95. The first kappa shape index (κ1) is 21.5. The molecule has 0 saturated heterocycles. The molecule has 31 heavy (non-hydrogen) atoms. The van der Waals surface area contributed by atoms with Crippen LogP contribution in [0.2, 0.25) is 0 Å². The minimum atomic E-state index is -0.630. The van der Waals surface area contributed by atoms with E-state index in [9.17, 15) is 9.59 Å². The van der Waals surface area contributed by atoms with E-state index in [1.165, 1.54) is 33.5 Å². The van der Waals surface area contributed by atoms with Crippen LogP contribution < -0.4 is 9.47 Å². The van der Waals surface area contributed by atoms with Gasteiger partial charge in [-0.15, -0.1) is 0 Å². The predicted molar refractivity (Wildman–Crippen MR) is 113 cm³/mol. The molecule has 0 spiro atoms. The highest BCUT2D eigenvalue weighted by atomic mass is 16.5. The number of rotatable bonds is 8. The fourth-order valence-corrected chi connectivity index (χ4v) is 6.51. The molecule has 5 rings (SSSR count). The van der Waals surface area contributed by atoms with Gasteiger partial charge < -0.3 is 19.1 Å². The first-order chi connectivity index (χ1) is 15.0. The lowest BCUT2D eigenvalue weighted by Crippen LogP contribution is -2.62. The minimum absolute atomic E-state index is 0.178. The van der Waals surface area contributed by atoms with Gasteiger partial charge in [0.15, 0.2) is 18.1 Å². The lowest BCUT2D eigenvalue weighted by molar-refractivity contribution is -0.153. The molecule has 1 aromatic carbocycles.